The summed E-state index contributed by atoms with van der Waals surface area (Å²) in [6, 6.07) is 11.0. The van der Waals surface area contributed by atoms with Crippen molar-refractivity contribution in [2.24, 2.45) is 5.73 Å². The molecule has 0 radical (unpaired) electrons. The smallest absolute Gasteiger partial charge is 0.325 e. The van der Waals surface area contributed by atoms with Crippen LogP contribution in [0.5, 0.6) is 0 Å². The Morgan fingerprint density at radius 1 is 0.667 bits per heavy atom. The monoisotopic (exact) mass is 665 g/mol. The molecule has 260 valence electrons. The summed E-state index contributed by atoms with van der Waals surface area (Å²) in [4.78, 5) is 81.1. The highest BCUT2D eigenvalue weighted by Gasteiger charge is 2.31. The number of hydrogen-bond donors (Lipinski definition) is 7. The maximum atomic E-state index is 13.2. The first-order valence-electron chi connectivity index (χ1n) is 16.1. The molecule has 1 aliphatic carbocycles. The third-order valence-corrected chi connectivity index (χ3v) is 8.17. The lowest BCUT2D eigenvalue weighted by Crippen LogP contribution is -2.57. The fourth-order valence-electron chi connectivity index (χ4n) is 5.37. The third-order valence-electron chi connectivity index (χ3n) is 8.17. The molecule has 48 heavy (non-hydrogen) atoms. The van der Waals surface area contributed by atoms with E-state index >= 15 is 0 Å². The molecule has 0 fully saturated rings. The van der Waals surface area contributed by atoms with Crippen LogP contribution in [0.15, 0.2) is 48.5 Å². The molecule has 2 aromatic rings. The van der Waals surface area contributed by atoms with Gasteiger partial charge in [-0.2, -0.15) is 0 Å². The van der Waals surface area contributed by atoms with Crippen molar-refractivity contribution in [3.63, 3.8) is 0 Å². The van der Waals surface area contributed by atoms with E-state index in [1.807, 2.05) is 48.5 Å². The van der Waals surface area contributed by atoms with Gasteiger partial charge in [-0.15, -0.1) is 5.48 Å². The maximum Gasteiger partial charge on any atom is 0.325 e. The number of fused-ring (bicyclic) bond motifs is 3. The van der Waals surface area contributed by atoms with Gasteiger partial charge in [0.1, 0.15) is 30.2 Å². The molecule has 0 bridgehead atoms. The topological polar surface area (TPSA) is 210 Å². The number of unbranched alkanes of at least 4 members (excludes halogenated alkanes) is 1. The van der Waals surface area contributed by atoms with Gasteiger partial charge in [0, 0.05) is 13.0 Å². The first-order valence-corrected chi connectivity index (χ1v) is 16.1. The normalized spacial score (nSPS) is 15.0. The van der Waals surface area contributed by atoms with Crippen molar-refractivity contribution >= 4 is 35.5 Å². The minimum absolute atomic E-state index is 0.0598. The van der Waals surface area contributed by atoms with Crippen LogP contribution >= 0.6 is 0 Å². The molecule has 0 heterocycles. The Morgan fingerprint density at radius 3 is 1.56 bits per heavy atom. The van der Waals surface area contributed by atoms with E-state index in [0.717, 1.165) is 22.3 Å². The standard InChI is InChI=1S/C34H47N7O7/c1-19(30(43)36-5)37-31(44)20(2)38-32(45)21(3)39-33(46)22(4)40-34(47)28(16-10-11-17-35)41-48-29(42)18-27-25-14-8-6-12-23(25)24-13-7-9-15-26(24)27/h6-9,12-15,19-22,27-28,41H,10-11,16-18,35H2,1-5H3,(H,36,43)(H,37,44)(H,38,45)(H,39,46)(H,40,47)/t19?,20?,21?,22?,28-/m0/s1. The Kier molecular flexibility index (Phi) is 14.1. The molecule has 0 saturated heterocycles. The molecule has 4 unspecified atom stereocenters. The van der Waals surface area contributed by atoms with Gasteiger partial charge in [0.15, 0.2) is 0 Å². The number of rotatable bonds is 17. The van der Waals surface area contributed by atoms with E-state index in [-0.39, 0.29) is 18.8 Å². The highest BCUT2D eigenvalue weighted by molar-refractivity contribution is 5.95. The molecule has 5 amide bonds. The number of likely N-dealkylation sites (N-methyl/N-ethyl adjacent to an activating group) is 1. The Morgan fingerprint density at radius 2 is 1.10 bits per heavy atom. The summed E-state index contributed by atoms with van der Waals surface area (Å²) in [6.45, 7) is 6.24. The number of hydrogen-bond acceptors (Lipinski definition) is 9. The lowest BCUT2D eigenvalue weighted by Gasteiger charge is -2.23. The van der Waals surface area contributed by atoms with Crippen LogP contribution < -0.4 is 37.8 Å². The van der Waals surface area contributed by atoms with Gasteiger partial charge in [-0.25, -0.2) is 0 Å². The predicted molar refractivity (Wildman–Crippen MR) is 179 cm³/mol. The second-order valence-corrected chi connectivity index (χ2v) is 11.9. The van der Waals surface area contributed by atoms with Crippen molar-refractivity contribution in [1.82, 2.24) is 32.1 Å². The van der Waals surface area contributed by atoms with E-state index in [2.05, 4.69) is 32.1 Å². The van der Waals surface area contributed by atoms with Gasteiger partial charge >= 0.3 is 5.97 Å². The lowest BCUT2D eigenvalue weighted by atomic mass is 9.94. The molecule has 14 heteroatoms. The van der Waals surface area contributed by atoms with Crippen LogP contribution in [0.25, 0.3) is 11.1 Å². The quantitative estimate of drug-likeness (QED) is 0.0926. The average molecular weight is 666 g/mol. The van der Waals surface area contributed by atoms with Gasteiger partial charge in [-0.1, -0.05) is 48.5 Å². The third kappa shape index (κ3) is 10.1. The van der Waals surface area contributed by atoms with Crippen LogP contribution in [-0.4, -0.2) is 79.3 Å². The molecule has 0 saturated carbocycles. The average Bonchev–Trinajstić information content (AvgIpc) is 3.38. The molecular weight excluding hydrogens is 618 g/mol. The van der Waals surface area contributed by atoms with Gasteiger partial charge in [0.25, 0.3) is 0 Å². The van der Waals surface area contributed by atoms with Crippen LogP contribution in [0.2, 0.25) is 0 Å². The number of amides is 5. The first kappa shape index (κ1) is 37.6. The van der Waals surface area contributed by atoms with Crippen LogP contribution in [0.3, 0.4) is 0 Å². The molecule has 0 aliphatic heterocycles. The van der Waals surface area contributed by atoms with Gasteiger partial charge in [0.05, 0.1) is 6.42 Å². The van der Waals surface area contributed by atoms with Crippen LogP contribution in [0, 0.1) is 0 Å². The fourth-order valence-corrected chi connectivity index (χ4v) is 5.37. The molecule has 14 nitrogen and oxygen atoms in total. The summed E-state index contributed by atoms with van der Waals surface area (Å²) in [5.41, 5.74) is 12.4. The van der Waals surface area contributed by atoms with E-state index in [9.17, 15) is 28.8 Å². The highest BCUT2D eigenvalue weighted by Crippen LogP contribution is 2.46. The zero-order chi connectivity index (χ0) is 35.4. The molecule has 3 rings (SSSR count). The van der Waals surface area contributed by atoms with E-state index < -0.39 is 65.7 Å². The number of carbonyl (C=O) groups excluding carboxylic acids is 6. The summed E-state index contributed by atoms with van der Waals surface area (Å²) < 4.78 is 0. The summed E-state index contributed by atoms with van der Waals surface area (Å²) in [5.74, 6) is -3.57. The van der Waals surface area contributed by atoms with E-state index in [4.69, 9.17) is 10.6 Å². The van der Waals surface area contributed by atoms with E-state index in [1.54, 1.807) is 0 Å². The first-order chi connectivity index (χ1) is 22.9. The van der Waals surface area contributed by atoms with Gasteiger partial charge in [-0.3, -0.25) is 28.8 Å². The summed E-state index contributed by atoms with van der Waals surface area (Å²) in [5, 5.41) is 12.5. The minimum Gasteiger partial charge on any atom is -0.370 e. The summed E-state index contributed by atoms with van der Waals surface area (Å²) in [6.07, 6.45) is 1.55. The molecular formula is C34H47N7O7. The lowest BCUT2D eigenvalue weighted by molar-refractivity contribution is -0.155. The zero-order valence-electron chi connectivity index (χ0n) is 28.1. The molecule has 8 N–H and O–H groups in total. The molecule has 0 spiro atoms. The number of carbonyl (C=O) groups is 6. The SMILES string of the molecule is CNC(=O)C(C)NC(=O)C(C)NC(=O)C(C)NC(=O)C(C)NC(=O)[C@H](CCCCN)NOC(=O)CC1c2ccccc2-c2ccccc21. The number of nitrogens with two attached hydrogens (primary N) is 1. The van der Waals surface area contributed by atoms with Crippen molar-refractivity contribution in [1.29, 1.82) is 0 Å². The van der Waals surface area contributed by atoms with Gasteiger partial charge in [0.2, 0.25) is 29.5 Å². The van der Waals surface area contributed by atoms with Crippen molar-refractivity contribution in [3.8, 4) is 11.1 Å². The Labute approximate surface area is 280 Å². The molecule has 1 aliphatic rings. The largest absolute Gasteiger partial charge is 0.370 e. The van der Waals surface area contributed by atoms with E-state index in [0.29, 0.717) is 19.4 Å². The van der Waals surface area contributed by atoms with Crippen molar-refractivity contribution < 1.29 is 33.6 Å². The summed E-state index contributed by atoms with van der Waals surface area (Å²) in [7, 11) is 1.44. The Balaban J connectivity index is 1.53. The van der Waals surface area contributed by atoms with Crippen molar-refractivity contribution in [2.45, 2.75) is 89.5 Å². The fraction of sp³-hybridized carbons (Fsp3) is 0.471. The van der Waals surface area contributed by atoms with Gasteiger partial charge < -0.3 is 37.2 Å². The van der Waals surface area contributed by atoms with Crippen molar-refractivity contribution in [2.75, 3.05) is 13.6 Å². The maximum absolute atomic E-state index is 13.2. The Hall–Kier alpha value is -4.82. The second kappa shape index (κ2) is 17.9. The van der Waals surface area contributed by atoms with Gasteiger partial charge in [-0.05, 0) is 75.8 Å². The summed E-state index contributed by atoms with van der Waals surface area (Å²) >= 11 is 0. The number of benzene rings is 2. The number of hydroxylamine groups is 1. The Bertz CT molecular complexity index is 1440. The predicted octanol–water partition coefficient (Wildman–Crippen LogP) is 0.499. The minimum atomic E-state index is -1.05. The highest BCUT2D eigenvalue weighted by atomic mass is 16.7. The molecule has 0 aromatic heterocycles. The molecule has 2 aromatic carbocycles. The van der Waals surface area contributed by atoms with Crippen molar-refractivity contribution in [3.05, 3.63) is 59.7 Å². The van der Waals surface area contributed by atoms with Crippen LogP contribution in [0.4, 0.5) is 0 Å². The van der Waals surface area contributed by atoms with E-state index in [1.165, 1.54) is 34.7 Å². The van der Waals surface area contributed by atoms with Crippen LogP contribution in [0.1, 0.15) is 70.4 Å². The number of nitrogens with one attached hydrogen (secondary N) is 6. The zero-order valence-corrected chi connectivity index (χ0v) is 28.1. The van der Waals surface area contributed by atoms with Crippen LogP contribution in [-0.2, 0) is 33.6 Å². The second-order valence-electron chi connectivity index (χ2n) is 11.9. The molecule has 5 atom stereocenters.